The molecule has 0 amide bonds. The Morgan fingerprint density at radius 1 is 1.00 bits per heavy atom. The molecule has 0 fully saturated rings. The molecular formula is C15H16ClN. The first-order valence-corrected chi connectivity index (χ1v) is 6.10. The second-order valence-corrected chi connectivity index (χ2v) is 4.99. The molecule has 0 saturated heterocycles. The molecule has 0 heterocycles. The number of hydrogen-bond acceptors (Lipinski definition) is 1. The maximum atomic E-state index is 6.02. The molecule has 17 heavy (non-hydrogen) atoms. The van der Waals surface area contributed by atoms with Gasteiger partial charge in [-0.1, -0.05) is 49.7 Å². The van der Waals surface area contributed by atoms with Crippen LogP contribution in [0.15, 0.2) is 42.5 Å². The number of nitrogens with two attached hydrogens (primary N) is 1. The number of rotatable bonds is 2. The van der Waals surface area contributed by atoms with E-state index in [9.17, 15) is 0 Å². The van der Waals surface area contributed by atoms with E-state index in [4.69, 9.17) is 17.3 Å². The lowest BCUT2D eigenvalue weighted by Gasteiger charge is -2.09. The van der Waals surface area contributed by atoms with E-state index in [2.05, 4.69) is 38.1 Å². The molecule has 0 aromatic heterocycles. The van der Waals surface area contributed by atoms with Gasteiger partial charge in [-0.05, 0) is 40.8 Å². The van der Waals surface area contributed by atoms with Crippen LogP contribution in [0, 0.1) is 0 Å². The number of anilines is 1. The van der Waals surface area contributed by atoms with E-state index in [-0.39, 0.29) is 0 Å². The van der Waals surface area contributed by atoms with Crippen LogP contribution in [0.3, 0.4) is 0 Å². The van der Waals surface area contributed by atoms with Crippen LogP contribution in [-0.4, -0.2) is 0 Å². The quantitative estimate of drug-likeness (QED) is 0.762. The van der Waals surface area contributed by atoms with Crippen LogP contribution in [0.1, 0.15) is 25.3 Å². The highest BCUT2D eigenvalue weighted by molar-refractivity contribution is 6.31. The molecule has 0 spiro atoms. The monoisotopic (exact) mass is 245 g/mol. The summed E-state index contributed by atoms with van der Waals surface area (Å²) in [5.41, 5.74) is 10.1. The van der Waals surface area contributed by atoms with E-state index in [0.717, 1.165) is 11.1 Å². The van der Waals surface area contributed by atoms with E-state index in [1.807, 2.05) is 12.1 Å². The highest BCUT2D eigenvalue weighted by atomic mass is 35.5. The Morgan fingerprint density at radius 3 is 2.41 bits per heavy atom. The minimum atomic E-state index is 0.520. The molecular weight excluding hydrogens is 230 g/mol. The largest absolute Gasteiger partial charge is 0.399 e. The van der Waals surface area contributed by atoms with Gasteiger partial charge in [-0.15, -0.1) is 0 Å². The van der Waals surface area contributed by atoms with Crippen LogP contribution >= 0.6 is 11.6 Å². The first-order valence-electron chi connectivity index (χ1n) is 5.72. The maximum Gasteiger partial charge on any atom is 0.0432 e. The number of hydrogen-bond donors (Lipinski definition) is 1. The third-order valence-electron chi connectivity index (χ3n) is 2.81. The van der Waals surface area contributed by atoms with Crippen molar-refractivity contribution in [3.63, 3.8) is 0 Å². The standard InChI is InChI=1S/C15H16ClN/c1-10(2)11-4-3-5-12(6-11)13-7-14(16)9-15(17)8-13/h3-10H,17H2,1-2H3. The Bertz CT molecular complexity index is 512. The molecule has 2 aromatic carbocycles. The summed E-state index contributed by atoms with van der Waals surface area (Å²) in [6.07, 6.45) is 0. The molecule has 2 rings (SSSR count). The Labute approximate surface area is 107 Å². The summed E-state index contributed by atoms with van der Waals surface area (Å²) in [5, 5.41) is 0.676. The van der Waals surface area contributed by atoms with Crippen LogP contribution in [0.5, 0.6) is 0 Å². The highest BCUT2D eigenvalue weighted by Gasteiger charge is 2.04. The van der Waals surface area contributed by atoms with E-state index in [1.54, 1.807) is 6.07 Å². The molecule has 0 unspecified atom stereocenters. The lowest BCUT2D eigenvalue weighted by atomic mass is 9.97. The maximum absolute atomic E-state index is 6.02. The van der Waals surface area contributed by atoms with Crippen molar-refractivity contribution in [2.75, 3.05) is 5.73 Å². The zero-order valence-electron chi connectivity index (χ0n) is 10.1. The first kappa shape index (κ1) is 12.0. The minimum absolute atomic E-state index is 0.520. The van der Waals surface area contributed by atoms with Gasteiger partial charge in [-0.2, -0.15) is 0 Å². The van der Waals surface area contributed by atoms with Crippen LogP contribution in [0.4, 0.5) is 5.69 Å². The molecule has 0 atom stereocenters. The van der Waals surface area contributed by atoms with Crippen molar-refractivity contribution in [1.82, 2.24) is 0 Å². The minimum Gasteiger partial charge on any atom is -0.399 e. The highest BCUT2D eigenvalue weighted by Crippen LogP contribution is 2.28. The fourth-order valence-electron chi connectivity index (χ4n) is 1.86. The number of benzene rings is 2. The Kier molecular flexibility index (Phi) is 3.39. The van der Waals surface area contributed by atoms with E-state index < -0.39 is 0 Å². The molecule has 88 valence electrons. The summed E-state index contributed by atoms with van der Waals surface area (Å²) in [4.78, 5) is 0. The molecule has 0 saturated carbocycles. The van der Waals surface area contributed by atoms with Gasteiger partial charge in [0.25, 0.3) is 0 Å². The van der Waals surface area contributed by atoms with Crippen molar-refractivity contribution in [2.24, 2.45) is 0 Å². The van der Waals surface area contributed by atoms with Crippen LogP contribution in [0.2, 0.25) is 5.02 Å². The smallest absolute Gasteiger partial charge is 0.0432 e. The van der Waals surface area contributed by atoms with Crippen LogP contribution < -0.4 is 5.73 Å². The molecule has 0 radical (unpaired) electrons. The summed E-state index contributed by atoms with van der Waals surface area (Å²) in [5.74, 6) is 0.520. The summed E-state index contributed by atoms with van der Waals surface area (Å²) < 4.78 is 0. The van der Waals surface area contributed by atoms with Crippen molar-refractivity contribution < 1.29 is 0 Å². The number of nitrogen functional groups attached to an aromatic ring is 1. The molecule has 0 aliphatic carbocycles. The van der Waals surface area contributed by atoms with Gasteiger partial charge in [-0.3, -0.25) is 0 Å². The number of halogens is 1. The first-order chi connectivity index (χ1) is 8.06. The van der Waals surface area contributed by atoms with Gasteiger partial charge in [0, 0.05) is 10.7 Å². The van der Waals surface area contributed by atoms with E-state index in [0.29, 0.717) is 16.6 Å². The average Bonchev–Trinajstić information content (AvgIpc) is 2.28. The van der Waals surface area contributed by atoms with Crippen molar-refractivity contribution in [3.8, 4) is 11.1 Å². The topological polar surface area (TPSA) is 26.0 Å². The van der Waals surface area contributed by atoms with Crippen molar-refractivity contribution >= 4 is 17.3 Å². The molecule has 2 aromatic rings. The summed E-state index contributed by atoms with van der Waals surface area (Å²) in [6, 6.07) is 14.1. The fourth-order valence-corrected chi connectivity index (χ4v) is 2.10. The molecule has 2 N–H and O–H groups in total. The lowest BCUT2D eigenvalue weighted by Crippen LogP contribution is -1.89. The SMILES string of the molecule is CC(C)c1cccc(-c2cc(N)cc(Cl)c2)c1. The van der Waals surface area contributed by atoms with E-state index in [1.165, 1.54) is 5.56 Å². The second kappa shape index (κ2) is 4.80. The molecule has 0 aliphatic heterocycles. The predicted octanol–water partition coefficient (Wildman–Crippen LogP) is 4.71. The zero-order valence-corrected chi connectivity index (χ0v) is 10.8. The predicted molar refractivity (Wildman–Crippen MR) is 75.4 cm³/mol. The molecule has 0 aliphatic rings. The molecule has 2 heteroatoms. The van der Waals surface area contributed by atoms with Crippen LogP contribution in [-0.2, 0) is 0 Å². The summed E-state index contributed by atoms with van der Waals surface area (Å²) in [7, 11) is 0. The van der Waals surface area contributed by atoms with Gasteiger partial charge in [0.1, 0.15) is 0 Å². The van der Waals surface area contributed by atoms with Crippen LogP contribution in [0.25, 0.3) is 11.1 Å². The summed E-state index contributed by atoms with van der Waals surface area (Å²) in [6.45, 7) is 4.37. The molecule has 0 bridgehead atoms. The van der Waals surface area contributed by atoms with Crippen molar-refractivity contribution in [2.45, 2.75) is 19.8 Å². The van der Waals surface area contributed by atoms with Gasteiger partial charge in [0.2, 0.25) is 0 Å². The van der Waals surface area contributed by atoms with E-state index >= 15 is 0 Å². The Morgan fingerprint density at radius 2 is 1.76 bits per heavy atom. The Hall–Kier alpha value is -1.47. The summed E-state index contributed by atoms with van der Waals surface area (Å²) >= 11 is 6.02. The third-order valence-corrected chi connectivity index (χ3v) is 3.02. The van der Waals surface area contributed by atoms with Gasteiger partial charge >= 0.3 is 0 Å². The van der Waals surface area contributed by atoms with Gasteiger partial charge in [0.15, 0.2) is 0 Å². The normalized spacial score (nSPS) is 10.8. The van der Waals surface area contributed by atoms with Crippen molar-refractivity contribution in [3.05, 3.63) is 53.1 Å². The van der Waals surface area contributed by atoms with Gasteiger partial charge in [0.05, 0.1) is 0 Å². The zero-order chi connectivity index (χ0) is 12.4. The fraction of sp³-hybridized carbons (Fsp3) is 0.200. The van der Waals surface area contributed by atoms with Crippen molar-refractivity contribution in [1.29, 1.82) is 0 Å². The third kappa shape index (κ3) is 2.80. The van der Waals surface area contributed by atoms with Gasteiger partial charge < -0.3 is 5.73 Å². The lowest BCUT2D eigenvalue weighted by molar-refractivity contribution is 0.867. The van der Waals surface area contributed by atoms with Gasteiger partial charge in [-0.25, -0.2) is 0 Å². The second-order valence-electron chi connectivity index (χ2n) is 4.55. The Balaban J connectivity index is 2.49. The average molecular weight is 246 g/mol. The molecule has 1 nitrogen and oxygen atoms in total.